The molecule has 1 atom stereocenters. The molecule has 7 heteroatoms. The molecule has 1 amide bonds. The first kappa shape index (κ1) is 23.4. The molecule has 34 heavy (non-hydrogen) atoms. The van der Waals surface area contributed by atoms with Crippen molar-refractivity contribution >= 4 is 21.6 Å². The van der Waals surface area contributed by atoms with Crippen molar-refractivity contribution in [3.8, 4) is 5.75 Å². The van der Waals surface area contributed by atoms with Crippen LogP contribution in [0.15, 0.2) is 53.4 Å². The zero-order valence-electron chi connectivity index (χ0n) is 19.9. The van der Waals surface area contributed by atoms with E-state index in [1.807, 2.05) is 26.0 Å². The summed E-state index contributed by atoms with van der Waals surface area (Å²) in [5.41, 5.74) is 0.910. The smallest absolute Gasteiger partial charge is 0.255 e. The van der Waals surface area contributed by atoms with Gasteiger partial charge in [-0.25, -0.2) is 13.1 Å². The van der Waals surface area contributed by atoms with Crippen molar-refractivity contribution in [2.45, 2.75) is 63.3 Å². The number of hydrogen-bond acceptors (Lipinski definition) is 4. The van der Waals surface area contributed by atoms with E-state index in [2.05, 4.69) is 10.0 Å². The van der Waals surface area contributed by atoms with Gasteiger partial charge in [0.05, 0.1) is 17.2 Å². The molecule has 0 aromatic heterocycles. The second-order valence-corrected chi connectivity index (χ2v) is 12.2. The van der Waals surface area contributed by atoms with Gasteiger partial charge >= 0.3 is 0 Å². The quantitative estimate of drug-likeness (QED) is 0.540. The minimum absolute atomic E-state index is 0.0692. The number of carbonyl (C=O) groups is 1. The fourth-order valence-corrected chi connectivity index (χ4v) is 8.38. The Kier molecular flexibility index (Phi) is 6.19. The zero-order valence-corrected chi connectivity index (χ0v) is 20.7. The summed E-state index contributed by atoms with van der Waals surface area (Å²) in [7, 11) is -3.75. The van der Waals surface area contributed by atoms with Crippen LogP contribution in [0.1, 0.15) is 62.7 Å². The van der Waals surface area contributed by atoms with Crippen molar-refractivity contribution in [3.05, 3.63) is 54.1 Å². The maximum Gasteiger partial charge on any atom is 0.255 e. The molecule has 0 aliphatic heterocycles. The van der Waals surface area contributed by atoms with E-state index >= 15 is 0 Å². The van der Waals surface area contributed by atoms with E-state index in [0.29, 0.717) is 18.0 Å². The van der Waals surface area contributed by atoms with Crippen molar-refractivity contribution in [3.63, 3.8) is 0 Å². The molecule has 6 rings (SSSR count). The maximum absolute atomic E-state index is 13.3. The van der Waals surface area contributed by atoms with Gasteiger partial charge in [-0.1, -0.05) is 18.2 Å². The zero-order chi connectivity index (χ0) is 23.9. The standard InChI is InChI=1S/C27H34N2O4S/c1-3-33-25-10-5-4-9-24(25)28-26(30)22-7-6-8-23(14-22)34(31,32)29-18(2)27-15-19-11-20(16-27)13-21(12-19)17-27/h4-10,14,18-21,29H,3,11-13,15-17H2,1-2H3,(H,28,30)/t18-,19?,20?,21?,27?/m1/s1. The number of nitrogens with one attached hydrogen (secondary N) is 2. The van der Waals surface area contributed by atoms with Crippen LogP contribution in [0.3, 0.4) is 0 Å². The van der Waals surface area contributed by atoms with Crippen LogP contribution in [0.5, 0.6) is 5.75 Å². The highest BCUT2D eigenvalue weighted by atomic mass is 32.2. The monoisotopic (exact) mass is 482 g/mol. The number of rotatable bonds is 8. The van der Waals surface area contributed by atoms with Gasteiger partial charge in [-0.3, -0.25) is 4.79 Å². The van der Waals surface area contributed by atoms with E-state index < -0.39 is 10.0 Å². The van der Waals surface area contributed by atoms with Crippen LogP contribution in [0.25, 0.3) is 0 Å². The van der Waals surface area contributed by atoms with E-state index in [9.17, 15) is 13.2 Å². The number of ether oxygens (including phenoxy) is 1. The SMILES string of the molecule is CCOc1ccccc1NC(=O)c1cccc(S(=O)(=O)N[C@H](C)C23CC4CC(CC(C4)C2)C3)c1. The van der Waals surface area contributed by atoms with E-state index in [-0.39, 0.29) is 27.8 Å². The fraction of sp³-hybridized carbons (Fsp3) is 0.519. The Hall–Kier alpha value is -2.38. The summed E-state index contributed by atoms with van der Waals surface area (Å²) in [6.07, 6.45) is 7.35. The predicted molar refractivity (Wildman–Crippen MR) is 132 cm³/mol. The van der Waals surface area contributed by atoms with Crippen LogP contribution in [0.4, 0.5) is 5.69 Å². The molecule has 0 unspecified atom stereocenters. The second kappa shape index (κ2) is 9.00. The highest BCUT2D eigenvalue weighted by Gasteiger charge is 2.53. The van der Waals surface area contributed by atoms with Gasteiger partial charge in [0.15, 0.2) is 0 Å². The molecule has 2 aromatic rings. The molecule has 0 heterocycles. The Bertz CT molecular complexity index is 1140. The molecule has 4 fully saturated rings. The van der Waals surface area contributed by atoms with Crippen LogP contribution in [0, 0.1) is 23.2 Å². The molecular formula is C27H34N2O4S. The summed E-state index contributed by atoms with van der Waals surface area (Å²) in [6.45, 7) is 4.39. The maximum atomic E-state index is 13.3. The fourth-order valence-electron chi connectivity index (χ4n) is 6.98. The van der Waals surface area contributed by atoms with Crippen molar-refractivity contribution in [2.75, 3.05) is 11.9 Å². The van der Waals surface area contributed by atoms with Crippen LogP contribution in [0.2, 0.25) is 0 Å². The molecule has 0 saturated heterocycles. The molecule has 0 spiro atoms. The summed E-state index contributed by atoms with van der Waals surface area (Å²) >= 11 is 0. The molecule has 2 N–H and O–H groups in total. The third-order valence-electron chi connectivity index (χ3n) is 8.18. The highest BCUT2D eigenvalue weighted by molar-refractivity contribution is 7.89. The van der Waals surface area contributed by atoms with Crippen molar-refractivity contribution < 1.29 is 17.9 Å². The Labute approximate surface area is 202 Å². The van der Waals surface area contributed by atoms with E-state index in [1.165, 1.54) is 25.3 Å². The second-order valence-electron chi connectivity index (χ2n) is 10.5. The molecule has 182 valence electrons. The van der Waals surface area contributed by atoms with Crippen LogP contribution < -0.4 is 14.8 Å². The minimum atomic E-state index is -3.75. The largest absolute Gasteiger partial charge is 0.492 e. The van der Waals surface area contributed by atoms with Gasteiger partial charge in [0.1, 0.15) is 5.75 Å². The lowest BCUT2D eigenvalue weighted by atomic mass is 9.48. The minimum Gasteiger partial charge on any atom is -0.492 e. The van der Waals surface area contributed by atoms with Crippen molar-refractivity contribution in [1.29, 1.82) is 0 Å². The van der Waals surface area contributed by atoms with E-state index in [4.69, 9.17) is 4.74 Å². The summed E-state index contributed by atoms with van der Waals surface area (Å²) in [5, 5.41) is 2.84. The molecule has 2 aromatic carbocycles. The Morgan fingerprint density at radius 2 is 1.68 bits per heavy atom. The van der Waals surface area contributed by atoms with Crippen molar-refractivity contribution in [2.24, 2.45) is 23.2 Å². The van der Waals surface area contributed by atoms with Gasteiger partial charge in [-0.2, -0.15) is 0 Å². The summed E-state index contributed by atoms with van der Waals surface area (Å²) in [4.78, 5) is 13.0. The molecule has 4 aliphatic carbocycles. The number of sulfonamides is 1. The molecule has 4 bridgehead atoms. The number of para-hydroxylation sites is 2. The number of benzene rings is 2. The normalized spacial score (nSPS) is 28.5. The lowest BCUT2D eigenvalue weighted by Gasteiger charge is -2.59. The molecule has 0 radical (unpaired) electrons. The Morgan fingerprint density at radius 3 is 2.32 bits per heavy atom. The van der Waals surface area contributed by atoms with Gasteiger partial charge in [-0.15, -0.1) is 0 Å². The number of hydrogen-bond donors (Lipinski definition) is 2. The first-order valence-corrected chi connectivity index (χ1v) is 13.9. The predicted octanol–water partition coefficient (Wildman–Crippen LogP) is 5.22. The van der Waals surface area contributed by atoms with E-state index in [0.717, 1.165) is 37.0 Å². The topological polar surface area (TPSA) is 84.5 Å². The summed E-state index contributed by atoms with van der Waals surface area (Å²) in [5.74, 6) is 2.46. The number of anilines is 1. The Morgan fingerprint density at radius 1 is 1.03 bits per heavy atom. The van der Waals surface area contributed by atoms with Gasteiger partial charge in [-0.05, 0) is 106 Å². The first-order valence-electron chi connectivity index (χ1n) is 12.4. The number of carbonyl (C=O) groups excluding carboxylic acids is 1. The van der Waals surface area contributed by atoms with Gasteiger partial charge < -0.3 is 10.1 Å². The Balaban J connectivity index is 1.32. The lowest BCUT2D eigenvalue weighted by molar-refractivity contribution is -0.0666. The van der Waals surface area contributed by atoms with Gasteiger partial charge in [0, 0.05) is 11.6 Å². The third kappa shape index (κ3) is 4.48. The average molecular weight is 483 g/mol. The third-order valence-corrected chi connectivity index (χ3v) is 9.72. The van der Waals surface area contributed by atoms with Crippen molar-refractivity contribution in [1.82, 2.24) is 4.72 Å². The van der Waals surface area contributed by atoms with E-state index in [1.54, 1.807) is 30.3 Å². The molecule has 4 aliphatic rings. The molecule has 4 saturated carbocycles. The molecular weight excluding hydrogens is 448 g/mol. The van der Waals surface area contributed by atoms with Crippen LogP contribution in [-0.2, 0) is 10.0 Å². The summed E-state index contributed by atoms with van der Waals surface area (Å²) in [6, 6.07) is 13.3. The summed E-state index contributed by atoms with van der Waals surface area (Å²) < 4.78 is 35.3. The molecule has 6 nitrogen and oxygen atoms in total. The van der Waals surface area contributed by atoms with Gasteiger partial charge in [0.2, 0.25) is 10.0 Å². The van der Waals surface area contributed by atoms with Crippen LogP contribution >= 0.6 is 0 Å². The first-order chi connectivity index (χ1) is 16.3. The van der Waals surface area contributed by atoms with Gasteiger partial charge in [0.25, 0.3) is 5.91 Å². The average Bonchev–Trinajstić information content (AvgIpc) is 2.79. The number of amides is 1. The van der Waals surface area contributed by atoms with Crippen LogP contribution in [-0.4, -0.2) is 27.0 Å². The lowest BCUT2D eigenvalue weighted by Crippen LogP contribution is -2.55. The highest BCUT2D eigenvalue weighted by Crippen LogP contribution is 2.61.